The van der Waals surface area contributed by atoms with Crippen LogP contribution in [-0.4, -0.2) is 64.4 Å². The van der Waals surface area contributed by atoms with Crippen molar-refractivity contribution in [2.24, 2.45) is 11.3 Å². The van der Waals surface area contributed by atoms with E-state index in [9.17, 15) is 24.0 Å². The molecule has 1 aromatic heterocycles. The number of aromatic amines is 1. The molecular formula is C31H41N5O7. The highest BCUT2D eigenvalue weighted by molar-refractivity contribution is 6.01. The molecule has 0 aliphatic carbocycles. The topological polar surface area (TPSA) is 160 Å². The lowest BCUT2D eigenvalue weighted by Gasteiger charge is -2.26. The monoisotopic (exact) mass is 595 g/mol. The van der Waals surface area contributed by atoms with Crippen LogP contribution in [0.4, 0.5) is 11.8 Å². The van der Waals surface area contributed by atoms with Gasteiger partial charge in [0.25, 0.3) is 11.5 Å². The van der Waals surface area contributed by atoms with Gasteiger partial charge in [-0.1, -0.05) is 32.9 Å². The molecule has 0 fully saturated rings. The maximum absolute atomic E-state index is 13.4. The number of amides is 2. The highest BCUT2D eigenvalue weighted by atomic mass is 16.5. The van der Waals surface area contributed by atoms with Crippen molar-refractivity contribution in [3.05, 3.63) is 50.8 Å². The summed E-state index contributed by atoms with van der Waals surface area (Å²) in [5.41, 5.74) is 2.03. The molecule has 4 rings (SSSR count). The van der Waals surface area contributed by atoms with E-state index in [1.807, 2.05) is 12.1 Å². The first-order valence-electron chi connectivity index (χ1n) is 14.8. The van der Waals surface area contributed by atoms with Crippen molar-refractivity contribution in [1.29, 1.82) is 0 Å². The van der Waals surface area contributed by atoms with Crippen LogP contribution in [-0.2, 0) is 43.2 Å². The number of carbonyl (C=O) groups excluding carboxylic acids is 4. The molecule has 0 radical (unpaired) electrons. The number of carbonyl (C=O) groups is 4. The number of rotatable bonds is 11. The number of benzene rings is 1. The van der Waals surface area contributed by atoms with E-state index in [-0.39, 0.29) is 61.8 Å². The SMILES string of the molecule is CCOC(=O)CC[C@@H](C(=O)OCC)N1Cc2c(CCC3CNc4nc(NC(=O)C(C)(C)C)[nH]c(=O)c4C3)cccc2C1=O. The lowest BCUT2D eigenvalue weighted by atomic mass is 9.89. The van der Waals surface area contributed by atoms with Crippen LogP contribution in [0.25, 0.3) is 0 Å². The van der Waals surface area contributed by atoms with Gasteiger partial charge in [0, 0.05) is 30.5 Å². The molecule has 0 bridgehead atoms. The minimum absolute atomic E-state index is 0.00109. The number of aromatic nitrogens is 2. The second kappa shape index (κ2) is 13.4. The second-order valence-corrected chi connectivity index (χ2v) is 11.9. The average molecular weight is 596 g/mol. The molecule has 12 heteroatoms. The van der Waals surface area contributed by atoms with E-state index in [4.69, 9.17) is 9.47 Å². The van der Waals surface area contributed by atoms with Crippen LogP contribution in [0.1, 0.15) is 80.9 Å². The van der Waals surface area contributed by atoms with Gasteiger partial charge >= 0.3 is 11.9 Å². The summed E-state index contributed by atoms with van der Waals surface area (Å²) in [6.07, 6.45) is 2.06. The molecule has 12 nitrogen and oxygen atoms in total. The molecule has 3 heterocycles. The fourth-order valence-corrected chi connectivity index (χ4v) is 5.38. The third kappa shape index (κ3) is 7.41. The molecule has 0 saturated heterocycles. The van der Waals surface area contributed by atoms with Crippen LogP contribution in [0.5, 0.6) is 0 Å². The first-order chi connectivity index (χ1) is 20.4. The van der Waals surface area contributed by atoms with Crippen molar-refractivity contribution < 1.29 is 28.7 Å². The van der Waals surface area contributed by atoms with Crippen LogP contribution < -0.4 is 16.2 Å². The molecular weight excluding hydrogens is 554 g/mol. The number of esters is 2. The normalized spacial score (nSPS) is 16.5. The summed E-state index contributed by atoms with van der Waals surface area (Å²) in [4.78, 5) is 72.0. The summed E-state index contributed by atoms with van der Waals surface area (Å²) in [7, 11) is 0. The number of aryl methyl sites for hydroxylation is 1. The predicted molar refractivity (Wildman–Crippen MR) is 160 cm³/mol. The number of fused-ring (bicyclic) bond motifs is 2. The maximum atomic E-state index is 13.4. The minimum Gasteiger partial charge on any atom is -0.466 e. The second-order valence-electron chi connectivity index (χ2n) is 11.9. The van der Waals surface area contributed by atoms with Gasteiger partial charge in [0.05, 0.1) is 18.8 Å². The molecule has 1 aromatic carbocycles. The molecule has 2 aliphatic rings. The summed E-state index contributed by atoms with van der Waals surface area (Å²) in [5.74, 6) is -0.744. The van der Waals surface area contributed by atoms with Crippen LogP contribution >= 0.6 is 0 Å². The average Bonchev–Trinajstić information content (AvgIpc) is 3.28. The Morgan fingerprint density at radius 1 is 1.12 bits per heavy atom. The number of nitrogens with one attached hydrogen (secondary N) is 3. The largest absolute Gasteiger partial charge is 0.466 e. The molecule has 0 spiro atoms. The molecule has 2 amide bonds. The van der Waals surface area contributed by atoms with Gasteiger partial charge in [-0.15, -0.1) is 0 Å². The Balaban J connectivity index is 1.44. The van der Waals surface area contributed by atoms with Gasteiger partial charge in [-0.25, -0.2) is 4.79 Å². The van der Waals surface area contributed by atoms with Gasteiger partial charge in [0.2, 0.25) is 11.9 Å². The van der Waals surface area contributed by atoms with Crippen LogP contribution in [0, 0.1) is 11.3 Å². The summed E-state index contributed by atoms with van der Waals surface area (Å²) in [6, 6.07) is 4.68. The zero-order valence-electron chi connectivity index (χ0n) is 25.5. The van der Waals surface area contributed by atoms with E-state index >= 15 is 0 Å². The zero-order valence-corrected chi connectivity index (χ0v) is 25.5. The lowest BCUT2D eigenvalue weighted by Crippen LogP contribution is -2.42. The Hall–Kier alpha value is -4.22. The number of hydrogen-bond acceptors (Lipinski definition) is 9. The lowest BCUT2D eigenvalue weighted by molar-refractivity contribution is -0.150. The summed E-state index contributed by atoms with van der Waals surface area (Å²) < 4.78 is 10.3. The third-order valence-electron chi connectivity index (χ3n) is 7.76. The molecule has 232 valence electrons. The molecule has 2 aromatic rings. The van der Waals surface area contributed by atoms with Crippen molar-refractivity contribution in [3.8, 4) is 0 Å². The Kier molecular flexibility index (Phi) is 9.87. The van der Waals surface area contributed by atoms with E-state index < -0.39 is 23.4 Å². The molecule has 3 N–H and O–H groups in total. The Bertz CT molecular complexity index is 1440. The summed E-state index contributed by atoms with van der Waals surface area (Å²) in [6.45, 7) is 10.0. The molecule has 43 heavy (non-hydrogen) atoms. The highest BCUT2D eigenvalue weighted by Gasteiger charge is 2.38. The Morgan fingerprint density at radius 2 is 1.86 bits per heavy atom. The van der Waals surface area contributed by atoms with Gasteiger partial charge < -0.3 is 19.7 Å². The molecule has 0 saturated carbocycles. The quantitative estimate of drug-likeness (QED) is 0.332. The van der Waals surface area contributed by atoms with Crippen molar-refractivity contribution in [2.45, 2.75) is 79.3 Å². The van der Waals surface area contributed by atoms with Crippen LogP contribution in [0.15, 0.2) is 23.0 Å². The fourth-order valence-electron chi connectivity index (χ4n) is 5.38. The number of hydrogen-bond donors (Lipinski definition) is 3. The Morgan fingerprint density at radius 3 is 2.56 bits per heavy atom. The standard InChI is InChI=1S/C31H41N5O7/c1-6-42-24(37)14-13-23(28(40)43-7-2)36-17-22-19(9-8-10-20(22)27(36)39)12-11-18-15-21-25(32-16-18)33-30(34-26(21)38)35-29(41)31(3,4)5/h8-10,18,23H,6-7,11-17H2,1-5H3,(H3,32,33,34,35,38,41)/t18?,23-/m0/s1. The van der Waals surface area contributed by atoms with Crippen LogP contribution in [0.3, 0.4) is 0 Å². The Labute approximate surface area is 250 Å². The van der Waals surface area contributed by atoms with Gasteiger partial charge in [0.15, 0.2) is 0 Å². The van der Waals surface area contributed by atoms with Gasteiger partial charge in [0.1, 0.15) is 11.9 Å². The number of H-pyrrole nitrogens is 1. The molecule has 2 atom stereocenters. The predicted octanol–water partition coefficient (Wildman–Crippen LogP) is 3.20. The zero-order chi connectivity index (χ0) is 31.3. The fraction of sp³-hybridized carbons (Fsp3) is 0.548. The maximum Gasteiger partial charge on any atom is 0.328 e. The van der Waals surface area contributed by atoms with E-state index in [2.05, 4.69) is 20.6 Å². The van der Waals surface area contributed by atoms with Crippen LogP contribution in [0.2, 0.25) is 0 Å². The summed E-state index contributed by atoms with van der Waals surface area (Å²) in [5, 5.41) is 5.92. The van der Waals surface area contributed by atoms with Crippen molar-refractivity contribution in [3.63, 3.8) is 0 Å². The molecule has 2 aliphatic heterocycles. The van der Waals surface area contributed by atoms with E-state index in [0.29, 0.717) is 36.3 Å². The number of ether oxygens (including phenoxy) is 2. The van der Waals surface area contributed by atoms with E-state index in [0.717, 1.165) is 17.5 Å². The van der Waals surface area contributed by atoms with Crippen molar-refractivity contribution in [2.75, 3.05) is 30.4 Å². The first kappa shape index (κ1) is 31.7. The van der Waals surface area contributed by atoms with Gasteiger partial charge in [-0.2, -0.15) is 4.98 Å². The minimum atomic E-state index is -0.895. The highest BCUT2D eigenvalue weighted by Crippen LogP contribution is 2.32. The summed E-state index contributed by atoms with van der Waals surface area (Å²) >= 11 is 0. The third-order valence-corrected chi connectivity index (χ3v) is 7.76. The van der Waals surface area contributed by atoms with E-state index in [1.165, 1.54) is 4.90 Å². The van der Waals surface area contributed by atoms with Gasteiger partial charge in [-0.3, -0.25) is 29.5 Å². The van der Waals surface area contributed by atoms with Crippen molar-refractivity contribution in [1.82, 2.24) is 14.9 Å². The van der Waals surface area contributed by atoms with Crippen molar-refractivity contribution >= 4 is 35.5 Å². The number of nitrogens with zero attached hydrogens (tertiary/aromatic N) is 2. The molecule has 1 unspecified atom stereocenters. The van der Waals surface area contributed by atoms with Gasteiger partial charge in [-0.05, 0) is 62.6 Å². The smallest absolute Gasteiger partial charge is 0.328 e. The van der Waals surface area contributed by atoms with E-state index in [1.54, 1.807) is 40.7 Å². The number of anilines is 2. The first-order valence-corrected chi connectivity index (χ1v) is 14.8.